The third kappa shape index (κ3) is 3.79. The van der Waals surface area contributed by atoms with E-state index in [9.17, 15) is 4.79 Å². The molecule has 0 spiro atoms. The minimum atomic E-state index is -0.491. The Bertz CT molecular complexity index is 685. The van der Waals surface area contributed by atoms with Gasteiger partial charge in [-0.25, -0.2) is 4.79 Å². The Morgan fingerprint density at radius 3 is 2.54 bits per heavy atom. The number of carbonyl (C=O) groups excluding carboxylic acids is 1. The van der Waals surface area contributed by atoms with Gasteiger partial charge in [0.1, 0.15) is 11.5 Å². The fourth-order valence-corrected chi connectivity index (χ4v) is 2.81. The molecule has 0 amide bonds. The van der Waals surface area contributed by atoms with E-state index < -0.39 is 12.0 Å². The number of nitrogens with one attached hydrogen (secondary N) is 2. The van der Waals surface area contributed by atoms with Crippen molar-refractivity contribution in [2.75, 3.05) is 14.2 Å². The number of rotatable bonds is 5. The number of allylic oxidation sites excluding steroid dienone is 1. The van der Waals surface area contributed by atoms with Crippen molar-refractivity contribution in [2.24, 2.45) is 0 Å². The van der Waals surface area contributed by atoms with Crippen LogP contribution in [0.25, 0.3) is 0 Å². The lowest BCUT2D eigenvalue weighted by Crippen LogP contribution is -2.45. The molecule has 0 aliphatic carbocycles. The van der Waals surface area contributed by atoms with Crippen molar-refractivity contribution in [2.45, 2.75) is 32.9 Å². The molecular formula is C17H22N2O4S. The van der Waals surface area contributed by atoms with Crippen molar-refractivity contribution < 1.29 is 19.0 Å². The zero-order chi connectivity index (χ0) is 17.9. The first-order chi connectivity index (χ1) is 11.4. The summed E-state index contributed by atoms with van der Waals surface area (Å²) in [5, 5.41) is 6.53. The molecule has 1 atom stereocenters. The van der Waals surface area contributed by atoms with E-state index in [1.807, 2.05) is 19.9 Å². The molecule has 0 bridgehead atoms. The zero-order valence-corrected chi connectivity index (χ0v) is 15.2. The van der Waals surface area contributed by atoms with Crippen molar-refractivity contribution in [3.63, 3.8) is 0 Å². The molecule has 0 saturated carbocycles. The minimum absolute atomic E-state index is 0.223. The van der Waals surface area contributed by atoms with E-state index in [2.05, 4.69) is 10.6 Å². The molecule has 24 heavy (non-hydrogen) atoms. The van der Waals surface area contributed by atoms with Crippen molar-refractivity contribution >= 4 is 23.3 Å². The van der Waals surface area contributed by atoms with Gasteiger partial charge in [-0.1, -0.05) is 0 Å². The van der Waals surface area contributed by atoms with E-state index in [1.54, 1.807) is 33.3 Å². The molecule has 0 aromatic heterocycles. The molecule has 130 valence electrons. The third-order valence-corrected chi connectivity index (χ3v) is 3.80. The summed E-state index contributed by atoms with van der Waals surface area (Å²) < 4.78 is 16.1. The third-order valence-electron chi connectivity index (χ3n) is 3.58. The molecule has 1 aromatic carbocycles. The zero-order valence-electron chi connectivity index (χ0n) is 14.4. The molecule has 0 fully saturated rings. The van der Waals surface area contributed by atoms with Crippen LogP contribution in [0.2, 0.25) is 0 Å². The first kappa shape index (κ1) is 18.1. The Hall–Kier alpha value is -2.28. The molecule has 2 N–H and O–H groups in total. The second-order valence-corrected chi connectivity index (χ2v) is 6.04. The highest BCUT2D eigenvalue weighted by Gasteiger charge is 2.33. The summed E-state index contributed by atoms with van der Waals surface area (Å²) in [5.41, 5.74) is 1.86. The lowest BCUT2D eigenvalue weighted by atomic mass is 9.94. The van der Waals surface area contributed by atoms with Gasteiger partial charge in [0.15, 0.2) is 5.11 Å². The second kappa shape index (κ2) is 7.53. The van der Waals surface area contributed by atoms with Crippen molar-refractivity contribution in [3.05, 3.63) is 35.0 Å². The monoisotopic (exact) mass is 350 g/mol. The van der Waals surface area contributed by atoms with Gasteiger partial charge in [-0.15, -0.1) is 0 Å². The standard InChI is InChI=1S/C17H22N2O4S/c1-9(2)23-16(20)14-10(3)18-17(24)19-15(14)12-8-11(21-4)6-7-13(12)22-5/h6-9,15H,1-5H3,(H2,18,19,24)/t15-/m0/s1. The maximum absolute atomic E-state index is 12.6. The lowest BCUT2D eigenvalue weighted by molar-refractivity contribution is -0.143. The Morgan fingerprint density at radius 2 is 1.96 bits per heavy atom. The van der Waals surface area contributed by atoms with Crippen molar-refractivity contribution in [1.29, 1.82) is 0 Å². The fourth-order valence-electron chi connectivity index (χ4n) is 2.54. The van der Waals surface area contributed by atoms with E-state index >= 15 is 0 Å². The van der Waals surface area contributed by atoms with Crippen LogP contribution in [-0.4, -0.2) is 31.4 Å². The van der Waals surface area contributed by atoms with Gasteiger partial charge in [-0.3, -0.25) is 0 Å². The van der Waals surface area contributed by atoms with Crippen LogP contribution >= 0.6 is 12.2 Å². The molecule has 0 saturated heterocycles. The van der Waals surface area contributed by atoms with Crippen LogP contribution in [0.3, 0.4) is 0 Å². The summed E-state index contributed by atoms with van der Waals surface area (Å²) in [6.07, 6.45) is -0.223. The number of thiocarbonyl (C=S) groups is 1. The molecule has 1 heterocycles. The topological polar surface area (TPSA) is 68.8 Å². The smallest absolute Gasteiger partial charge is 0.338 e. The van der Waals surface area contributed by atoms with E-state index in [0.29, 0.717) is 27.9 Å². The fraction of sp³-hybridized carbons (Fsp3) is 0.412. The van der Waals surface area contributed by atoms with Crippen LogP contribution in [0.1, 0.15) is 32.4 Å². The summed E-state index contributed by atoms with van der Waals surface area (Å²) in [6, 6.07) is 4.92. The summed E-state index contributed by atoms with van der Waals surface area (Å²) in [4.78, 5) is 12.6. The average molecular weight is 350 g/mol. The van der Waals surface area contributed by atoms with Crippen LogP contribution in [-0.2, 0) is 9.53 Å². The molecule has 0 radical (unpaired) electrons. The minimum Gasteiger partial charge on any atom is -0.497 e. The Morgan fingerprint density at radius 1 is 1.25 bits per heavy atom. The van der Waals surface area contributed by atoms with Gasteiger partial charge in [0.25, 0.3) is 0 Å². The van der Waals surface area contributed by atoms with Crippen LogP contribution in [0.4, 0.5) is 0 Å². The predicted molar refractivity (Wildman–Crippen MR) is 95.1 cm³/mol. The predicted octanol–water partition coefficient (Wildman–Crippen LogP) is 2.45. The maximum atomic E-state index is 12.6. The number of ether oxygens (including phenoxy) is 3. The SMILES string of the molecule is COc1ccc(OC)c([C@@H]2NC(=S)NC(C)=C2C(=O)OC(C)C)c1. The molecule has 6 nitrogen and oxygen atoms in total. The molecule has 0 unspecified atom stereocenters. The molecule has 1 aliphatic rings. The van der Waals surface area contributed by atoms with E-state index in [0.717, 1.165) is 5.56 Å². The Kier molecular flexibility index (Phi) is 5.66. The first-order valence-electron chi connectivity index (χ1n) is 7.58. The van der Waals surface area contributed by atoms with Gasteiger partial charge < -0.3 is 24.8 Å². The van der Waals surface area contributed by atoms with Crippen molar-refractivity contribution in [1.82, 2.24) is 10.6 Å². The normalized spacial score (nSPS) is 17.2. The van der Waals surface area contributed by atoms with Gasteiger partial charge in [-0.2, -0.15) is 0 Å². The van der Waals surface area contributed by atoms with Crippen molar-refractivity contribution in [3.8, 4) is 11.5 Å². The second-order valence-electron chi connectivity index (χ2n) is 5.63. The first-order valence-corrected chi connectivity index (χ1v) is 7.99. The maximum Gasteiger partial charge on any atom is 0.338 e. The van der Waals surface area contributed by atoms with Crippen LogP contribution in [0.5, 0.6) is 11.5 Å². The summed E-state index contributed by atoms with van der Waals surface area (Å²) in [6.45, 7) is 5.41. The lowest BCUT2D eigenvalue weighted by Gasteiger charge is -2.31. The number of esters is 1. The average Bonchev–Trinajstić information content (AvgIpc) is 2.52. The van der Waals surface area contributed by atoms with Crippen LogP contribution < -0.4 is 20.1 Å². The summed E-state index contributed by atoms with van der Waals surface area (Å²) >= 11 is 5.25. The highest BCUT2D eigenvalue weighted by molar-refractivity contribution is 7.80. The van der Waals surface area contributed by atoms with Gasteiger partial charge in [-0.05, 0) is 51.2 Å². The van der Waals surface area contributed by atoms with Gasteiger partial charge in [0.05, 0.1) is 31.9 Å². The molecular weight excluding hydrogens is 328 g/mol. The number of carbonyl (C=O) groups is 1. The summed E-state index contributed by atoms with van der Waals surface area (Å²) in [5.74, 6) is 0.881. The van der Waals surface area contributed by atoms with E-state index in [1.165, 1.54) is 0 Å². The molecule has 7 heteroatoms. The van der Waals surface area contributed by atoms with Gasteiger partial charge in [0, 0.05) is 11.3 Å². The summed E-state index contributed by atoms with van der Waals surface area (Å²) in [7, 11) is 3.16. The van der Waals surface area contributed by atoms with Crippen LogP contribution in [0.15, 0.2) is 29.5 Å². The van der Waals surface area contributed by atoms with E-state index in [-0.39, 0.29) is 6.10 Å². The van der Waals surface area contributed by atoms with Gasteiger partial charge in [0.2, 0.25) is 0 Å². The number of hydrogen-bond acceptors (Lipinski definition) is 5. The van der Waals surface area contributed by atoms with E-state index in [4.69, 9.17) is 26.4 Å². The number of benzene rings is 1. The molecule has 1 aliphatic heterocycles. The number of methoxy groups -OCH3 is 2. The van der Waals surface area contributed by atoms with Gasteiger partial charge >= 0.3 is 5.97 Å². The largest absolute Gasteiger partial charge is 0.497 e. The highest BCUT2D eigenvalue weighted by Crippen LogP contribution is 2.36. The molecule has 2 rings (SSSR count). The van der Waals surface area contributed by atoms with Crippen LogP contribution in [0, 0.1) is 0 Å². The molecule has 1 aromatic rings. The number of hydrogen-bond donors (Lipinski definition) is 2. The Balaban J connectivity index is 2.54. The Labute approximate surface area is 147 Å². The highest BCUT2D eigenvalue weighted by atomic mass is 32.1. The quantitative estimate of drug-likeness (QED) is 0.624.